The van der Waals surface area contributed by atoms with E-state index in [1.165, 1.54) is 0 Å². The first-order chi connectivity index (χ1) is 11.6. The molecule has 3 aliphatic rings. The van der Waals surface area contributed by atoms with E-state index < -0.39 is 11.5 Å². The summed E-state index contributed by atoms with van der Waals surface area (Å²) in [7, 11) is 1.82. The van der Waals surface area contributed by atoms with Crippen molar-refractivity contribution in [3.8, 4) is 0 Å². The summed E-state index contributed by atoms with van der Waals surface area (Å²) in [6.45, 7) is 13.2. The monoisotopic (exact) mass is 350 g/mol. The molecule has 3 nitrogen and oxygen atoms in total. The highest BCUT2D eigenvalue weighted by Gasteiger charge is 2.68. The number of ether oxygens (including phenoxy) is 1. The van der Waals surface area contributed by atoms with Crippen LogP contribution in [0.1, 0.15) is 73.6 Å². The fraction of sp³-hybridized carbons (Fsp3) is 0.955. The molecule has 1 N–H and O–H groups in total. The van der Waals surface area contributed by atoms with Gasteiger partial charge in [0.2, 0.25) is 0 Å². The summed E-state index contributed by atoms with van der Waals surface area (Å²) in [5.74, 6) is 1.57. The van der Waals surface area contributed by atoms with Crippen molar-refractivity contribution < 1.29 is 14.6 Å². The molecule has 3 unspecified atom stereocenters. The predicted octanol–water partition coefficient (Wildman–Crippen LogP) is 4.47. The maximum atomic E-state index is 13.6. The Morgan fingerprint density at radius 2 is 1.84 bits per heavy atom. The molecule has 3 heteroatoms. The second-order valence-corrected chi connectivity index (χ2v) is 10.1. The van der Waals surface area contributed by atoms with E-state index in [4.69, 9.17) is 4.74 Å². The van der Waals surface area contributed by atoms with Crippen LogP contribution in [0.2, 0.25) is 0 Å². The number of carbonyl (C=O) groups excluding carboxylic acids is 1. The maximum Gasteiger partial charge on any atom is 0.142 e. The Morgan fingerprint density at radius 1 is 1.20 bits per heavy atom. The fourth-order valence-corrected chi connectivity index (χ4v) is 7.25. The lowest BCUT2D eigenvalue weighted by molar-refractivity contribution is -0.192. The zero-order valence-electron chi connectivity index (χ0n) is 17.3. The van der Waals surface area contributed by atoms with Crippen molar-refractivity contribution in [3.63, 3.8) is 0 Å². The van der Waals surface area contributed by atoms with Crippen LogP contribution >= 0.6 is 0 Å². The Bertz CT molecular complexity index is 545. The minimum Gasteiger partial charge on any atom is -0.393 e. The molecule has 144 valence electrons. The van der Waals surface area contributed by atoms with E-state index in [2.05, 4.69) is 41.5 Å². The second kappa shape index (κ2) is 6.05. The van der Waals surface area contributed by atoms with Crippen LogP contribution in [0.25, 0.3) is 0 Å². The van der Waals surface area contributed by atoms with Crippen molar-refractivity contribution >= 4 is 5.78 Å². The van der Waals surface area contributed by atoms with Crippen LogP contribution in [0, 0.1) is 39.9 Å². The van der Waals surface area contributed by atoms with Crippen LogP contribution in [0.5, 0.6) is 0 Å². The third kappa shape index (κ3) is 2.34. The Kier molecular flexibility index (Phi) is 4.69. The van der Waals surface area contributed by atoms with E-state index in [0.29, 0.717) is 24.0 Å². The first-order valence-electron chi connectivity index (χ1n) is 10.3. The first-order valence-corrected chi connectivity index (χ1v) is 10.3. The van der Waals surface area contributed by atoms with E-state index in [1.807, 2.05) is 7.11 Å². The van der Waals surface area contributed by atoms with E-state index in [0.717, 1.165) is 25.7 Å². The molecule has 0 aromatic rings. The van der Waals surface area contributed by atoms with Crippen molar-refractivity contribution in [2.24, 2.45) is 39.9 Å². The van der Waals surface area contributed by atoms with E-state index in [-0.39, 0.29) is 28.8 Å². The van der Waals surface area contributed by atoms with Gasteiger partial charge in [0, 0.05) is 23.9 Å². The van der Waals surface area contributed by atoms with Crippen molar-refractivity contribution in [1.82, 2.24) is 0 Å². The minimum absolute atomic E-state index is 0.0176. The highest BCUT2D eigenvalue weighted by Crippen LogP contribution is 2.69. The lowest BCUT2D eigenvalue weighted by atomic mass is 9.44. The van der Waals surface area contributed by atoms with Crippen molar-refractivity contribution in [2.45, 2.75) is 85.9 Å². The van der Waals surface area contributed by atoms with E-state index >= 15 is 0 Å². The molecule has 0 aromatic heterocycles. The molecule has 3 saturated carbocycles. The number of aliphatic hydroxyl groups is 1. The highest BCUT2D eigenvalue weighted by molar-refractivity contribution is 5.87. The summed E-state index contributed by atoms with van der Waals surface area (Å²) in [5.41, 5.74) is -0.616. The Labute approximate surface area is 153 Å². The van der Waals surface area contributed by atoms with Crippen LogP contribution in [0.3, 0.4) is 0 Å². The van der Waals surface area contributed by atoms with Gasteiger partial charge in [-0.2, -0.15) is 0 Å². The molecule has 0 radical (unpaired) electrons. The molecule has 0 aliphatic heterocycles. The Balaban J connectivity index is 2.22. The number of hydrogen-bond acceptors (Lipinski definition) is 3. The molecule has 3 fully saturated rings. The van der Waals surface area contributed by atoms with E-state index in [1.54, 1.807) is 0 Å². The zero-order valence-corrected chi connectivity index (χ0v) is 17.3. The molecule has 9 atom stereocenters. The number of rotatable bonds is 2. The van der Waals surface area contributed by atoms with Gasteiger partial charge in [-0.1, -0.05) is 41.5 Å². The topological polar surface area (TPSA) is 46.5 Å². The maximum absolute atomic E-state index is 13.6. The van der Waals surface area contributed by atoms with Gasteiger partial charge in [-0.3, -0.25) is 4.79 Å². The Hall–Kier alpha value is -0.410. The van der Waals surface area contributed by atoms with Gasteiger partial charge in [0.15, 0.2) is 0 Å². The molecule has 0 amide bonds. The van der Waals surface area contributed by atoms with Gasteiger partial charge in [0.1, 0.15) is 5.78 Å². The van der Waals surface area contributed by atoms with Gasteiger partial charge in [-0.15, -0.1) is 0 Å². The number of aliphatic hydroxyl groups excluding tert-OH is 1. The molecule has 0 aromatic carbocycles. The fourth-order valence-electron chi connectivity index (χ4n) is 7.25. The smallest absolute Gasteiger partial charge is 0.142 e. The lowest BCUT2D eigenvalue weighted by Gasteiger charge is -2.61. The predicted molar refractivity (Wildman–Crippen MR) is 100 cm³/mol. The average molecular weight is 351 g/mol. The SMILES string of the molecule is CC[C@]1(C)C[C@@H](O)[C@@]2(C)C3[C@H](OC)[C@H](C)CC3(CC[C@H]2C)C(C)C1=O. The minimum atomic E-state index is -0.448. The standard InChI is InChI=1S/C22H38O3/c1-8-20(5)12-16(23)21(6)14(3)9-10-22(15(4)19(20)24)11-13(2)17(25-7)18(21)22/h13-18,23H,8-12H2,1-7H3/t13-,14-,15?,16-,17-,18?,20-,21+,22?/m1/s1. The summed E-state index contributed by atoms with van der Waals surface area (Å²) >= 11 is 0. The first kappa shape index (κ1) is 19.4. The number of hydrogen-bond donors (Lipinski definition) is 1. The largest absolute Gasteiger partial charge is 0.393 e. The summed E-state index contributed by atoms with van der Waals surface area (Å²) in [6.07, 6.45) is 4.34. The van der Waals surface area contributed by atoms with Crippen LogP contribution in [0.4, 0.5) is 0 Å². The lowest BCUT2D eigenvalue weighted by Crippen LogP contribution is -2.62. The molecule has 3 rings (SSSR count). The van der Waals surface area contributed by atoms with Crippen LogP contribution in [0.15, 0.2) is 0 Å². The summed E-state index contributed by atoms with van der Waals surface area (Å²) in [5, 5.41) is 11.5. The third-order valence-electron chi connectivity index (χ3n) is 9.25. The van der Waals surface area contributed by atoms with Crippen LogP contribution < -0.4 is 0 Å². The molecule has 0 heterocycles. The molecule has 2 bridgehead atoms. The van der Waals surface area contributed by atoms with Gasteiger partial charge in [-0.05, 0) is 55.3 Å². The normalized spacial score (nSPS) is 56.2. The summed E-state index contributed by atoms with van der Waals surface area (Å²) in [6, 6.07) is 0. The third-order valence-corrected chi connectivity index (χ3v) is 9.25. The van der Waals surface area contributed by atoms with Crippen LogP contribution in [-0.2, 0) is 9.53 Å². The summed E-state index contributed by atoms with van der Waals surface area (Å²) in [4.78, 5) is 13.6. The number of carbonyl (C=O) groups is 1. The molecule has 25 heavy (non-hydrogen) atoms. The van der Waals surface area contributed by atoms with Crippen LogP contribution in [-0.4, -0.2) is 30.2 Å². The molecular formula is C22H38O3. The molecule has 0 saturated heterocycles. The second-order valence-electron chi connectivity index (χ2n) is 10.1. The number of methoxy groups -OCH3 is 1. The van der Waals surface area contributed by atoms with Gasteiger partial charge in [-0.25, -0.2) is 0 Å². The van der Waals surface area contributed by atoms with E-state index in [9.17, 15) is 9.90 Å². The number of ketones is 1. The van der Waals surface area contributed by atoms with Crippen molar-refractivity contribution in [2.75, 3.05) is 7.11 Å². The molecule has 0 spiro atoms. The van der Waals surface area contributed by atoms with Gasteiger partial charge in [0.25, 0.3) is 0 Å². The quantitative estimate of drug-likeness (QED) is 0.799. The molecule has 3 aliphatic carbocycles. The van der Waals surface area contributed by atoms with Gasteiger partial charge >= 0.3 is 0 Å². The Morgan fingerprint density at radius 3 is 2.40 bits per heavy atom. The average Bonchev–Trinajstić information content (AvgIpc) is 2.89. The summed E-state index contributed by atoms with van der Waals surface area (Å²) < 4.78 is 6.02. The number of Topliss-reactive ketones (excluding diaryl/α,β-unsaturated/α-hetero) is 1. The van der Waals surface area contributed by atoms with Crippen molar-refractivity contribution in [1.29, 1.82) is 0 Å². The van der Waals surface area contributed by atoms with Crippen molar-refractivity contribution in [3.05, 3.63) is 0 Å². The highest BCUT2D eigenvalue weighted by atomic mass is 16.5. The zero-order chi connectivity index (χ0) is 18.8. The van der Waals surface area contributed by atoms with Gasteiger partial charge in [0.05, 0.1) is 12.2 Å². The van der Waals surface area contributed by atoms with Gasteiger partial charge < -0.3 is 9.84 Å². The molecular weight excluding hydrogens is 312 g/mol.